The van der Waals surface area contributed by atoms with Gasteiger partial charge in [0.15, 0.2) is 0 Å². The minimum atomic E-state index is 0.142. The summed E-state index contributed by atoms with van der Waals surface area (Å²) in [5.41, 5.74) is 8.44. The van der Waals surface area contributed by atoms with Crippen LogP contribution < -0.4 is 10.6 Å². The zero-order chi connectivity index (χ0) is 13.0. The minimum absolute atomic E-state index is 0.142. The Labute approximate surface area is 110 Å². The van der Waals surface area contributed by atoms with Gasteiger partial charge in [-0.05, 0) is 42.9 Å². The van der Waals surface area contributed by atoms with Gasteiger partial charge in [-0.2, -0.15) is 0 Å². The Morgan fingerprint density at radius 1 is 1.39 bits per heavy atom. The first-order valence-corrected chi connectivity index (χ1v) is 6.78. The second-order valence-corrected chi connectivity index (χ2v) is 5.13. The molecule has 0 radical (unpaired) electrons. The lowest BCUT2D eigenvalue weighted by Gasteiger charge is -2.23. The van der Waals surface area contributed by atoms with Crippen LogP contribution in [0.4, 0.5) is 5.69 Å². The molecule has 96 valence electrons. The quantitative estimate of drug-likeness (QED) is 0.777. The number of nitrogens with two attached hydrogens (primary N) is 1. The maximum Gasteiger partial charge on any atom is 0.0791 e. The fraction of sp³-hybridized carbons (Fsp3) is 0.500. The largest absolute Gasteiger partial charge is 0.360 e. The highest BCUT2D eigenvalue weighted by Crippen LogP contribution is 2.31. The first-order valence-electron chi connectivity index (χ1n) is 6.78. The number of benzene rings is 1. The predicted molar refractivity (Wildman–Crippen MR) is 77.4 cm³/mol. The molecule has 1 aliphatic rings. The van der Waals surface area contributed by atoms with Crippen LogP contribution in [0.3, 0.4) is 0 Å². The van der Waals surface area contributed by atoms with Crippen LogP contribution in [0.5, 0.6) is 0 Å². The van der Waals surface area contributed by atoms with Gasteiger partial charge in [0.05, 0.1) is 6.54 Å². The summed E-state index contributed by atoms with van der Waals surface area (Å²) >= 11 is 0. The molecule has 0 aromatic heterocycles. The van der Waals surface area contributed by atoms with E-state index in [-0.39, 0.29) is 6.04 Å². The average Bonchev–Trinajstić information content (AvgIpc) is 3.21. The Hall–Kier alpha value is -1.46. The van der Waals surface area contributed by atoms with E-state index in [1.807, 2.05) is 0 Å². The van der Waals surface area contributed by atoms with Gasteiger partial charge < -0.3 is 10.6 Å². The van der Waals surface area contributed by atoms with Crippen molar-refractivity contribution >= 4 is 5.69 Å². The van der Waals surface area contributed by atoms with Crippen molar-refractivity contribution < 1.29 is 0 Å². The van der Waals surface area contributed by atoms with Crippen molar-refractivity contribution in [2.45, 2.75) is 32.2 Å². The maximum atomic E-state index is 6.02. The molecule has 2 heteroatoms. The first kappa shape index (κ1) is 13.0. The summed E-state index contributed by atoms with van der Waals surface area (Å²) in [7, 11) is 0. The minimum Gasteiger partial charge on any atom is -0.360 e. The third-order valence-electron chi connectivity index (χ3n) is 3.58. The van der Waals surface area contributed by atoms with Crippen molar-refractivity contribution in [2.75, 3.05) is 18.0 Å². The van der Waals surface area contributed by atoms with E-state index < -0.39 is 0 Å². The molecule has 0 amide bonds. The molecule has 0 bridgehead atoms. The number of terminal acetylenes is 1. The van der Waals surface area contributed by atoms with Crippen LogP contribution in [0, 0.1) is 18.3 Å². The standard InChI is InChI=1S/C16H22N2/c1-3-11-18(12-13-5-6-13)15-9-7-14(8-10-15)16(17)4-2/h1,7-10,13,16H,4-6,11-12,17H2,2H3. The average molecular weight is 242 g/mol. The van der Waals surface area contributed by atoms with Crippen LogP contribution in [-0.4, -0.2) is 13.1 Å². The van der Waals surface area contributed by atoms with Crippen molar-refractivity contribution in [1.82, 2.24) is 0 Å². The van der Waals surface area contributed by atoms with Crippen molar-refractivity contribution in [1.29, 1.82) is 0 Å². The van der Waals surface area contributed by atoms with Crippen molar-refractivity contribution in [3.05, 3.63) is 29.8 Å². The highest BCUT2D eigenvalue weighted by molar-refractivity contribution is 5.49. The normalized spacial score (nSPS) is 16.1. The number of nitrogens with zero attached hydrogens (tertiary/aromatic N) is 1. The van der Waals surface area contributed by atoms with Gasteiger partial charge in [-0.1, -0.05) is 25.0 Å². The monoisotopic (exact) mass is 242 g/mol. The Balaban J connectivity index is 2.07. The lowest BCUT2D eigenvalue weighted by molar-refractivity contribution is 0.698. The van der Waals surface area contributed by atoms with E-state index in [1.165, 1.54) is 24.1 Å². The molecule has 0 aliphatic heterocycles. The van der Waals surface area contributed by atoms with Gasteiger partial charge >= 0.3 is 0 Å². The molecule has 0 saturated heterocycles. The van der Waals surface area contributed by atoms with Crippen molar-refractivity contribution in [3.63, 3.8) is 0 Å². The summed E-state index contributed by atoms with van der Waals surface area (Å²) in [6.45, 7) is 3.88. The topological polar surface area (TPSA) is 29.3 Å². The molecule has 18 heavy (non-hydrogen) atoms. The second-order valence-electron chi connectivity index (χ2n) is 5.13. The molecule has 1 atom stereocenters. The fourth-order valence-corrected chi connectivity index (χ4v) is 2.15. The summed E-state index contributed by atoms with van der Waals surface area (Å²) in [5, 5.41) is 0. The van der Waals surface area contributed by atoms with E-state index in [4.69, 9.17) is 12.2 Å². The second kappa shape index (κ2) is 5.93. The van der Waals surface area contributed by atoms with E-state index in [1.54, 1.807) is 0 Å². The zero-order valence-corrected chi connectivity index (χ0v) is 11.1. The highest BCUT2D eigenvalue weighted by Gasteiger charge is 2.24. The maximum absolute atomic E-state index is 6.02. The molecule has 1 aromatic rings. The third-order valence-corrected chi connectivity index (χ3v) is 3.58. The molecule has 0 heterocycles. The molecule has 1 aliphatic carbocycles. The van der Waals surface area contributed by atoms with Crippen LogP contribution in [0.15, 0.2) is 24.3 Å². The molecule has 2 N–H and O–H groups in total. The van der Waals surface area contributed by atoms with Gasteiger partial charge in [0.2, 0.25) is 0 Å². The molecule has 1 aromatic carbocycles. The summed E-state index contributed by atoms with van der Waals surface area (Å²) in [6, 6.07) is 8.68. The molecule has 0 spiro atoms. The molecule has 1 fully saturated rings. The molecule has 2 rings (SSSR count). The summed E-state index contributed by atoms with van der Waals surface area (Å²) < 4.78 is 0. The Morgan fingerprint density at radius 2 is 2.06 bits per heavy atom. The molecular formula is C16H22N2. The summed E-state index contributed by atoms with van der Waals surface area (Å²) in [6.07, 6.45) is 9.11. The van der Waals surface area contributed by atoms with Gasteiger partial charge in [-0.25, -0.2) is 0 Å². The molecule has 1 unspecified atom stereocenters. The van der Waals surface area contributed by atoms with E-state index >= 15 is 0 Å². The van der Waals surface area contributed by atoms with E-state index in [0.717, 1.165) is 18.9 Å². The lowest BCUT2D eigenvalue weighted by atomic mass is 10.0. The Bertz CT molecular complexity index is 412. The molecule has 2 nitrogen and oxygen atoms in total. The SMILES string of the molecule is C#CCN(CC1CC1)c1ccc(C(N)CC)cc1. The van der Waals surface area contributed by atoms with E-state index in [9.17, 15) is 0 Å². The third kappa shape index (κ3) is 3.27. The Kier molecular flexibility index (Phi) is 4.28. The molecule has 1 saturated carbocycles. The highest BCUT2D eigenvalue weighted by atomic mass is 15.1. The predicted octanol–water partition coefficient (Wildman–Crippen LogP) is 2.95. The fourth-order valence-electron chi connectivity index (χ4n) is 2.15. The first-order chi connectivity index (χ1) is 8.74. The van der Waals surface area contributed by atoms with Gasteiger partial charge in [-0.15, -0.1) is 6.42 Å². The van der Waals surface area contributed by atoms with Crippen LogP contribution in [0.2, 0.25) is 0 Å². The Morgan fingerprint density at radius 3 is 2.56 bits per heavy atom. The van der Waals surface area contributed by atoms with Gasteiger partial charge in [-0.3, -0.25) is 0 Å². The number of anilines is 1. The zero-order valence-electron chi connectivity index (χ0n) is 11.1. The summed E-state index contributed by atoms with van der Waals surface area (Å²) in [5.74, 6) is 3.59. The van der Waals surface area contributed by atoms with Gasteiger partial charge in [0, 0.05) is 18.3 Å². The van der Waals surface area contributed by atoms with Crippen LogP contribution in [0.1, 0.15) is 37.8 Å². The van der Waals surface area contributed by atoms with Gasteiger partial charge in [0.25, 0.3) is 0 Å². The number of hydrogen-bond donors (Lipinski definition) is 1. The van der Waals surface area contributed by atoms with E-state index in [2.05, 4.69) is 42.0 Å². The van der Waals surface area contributed by atoms with E-state index in [0.29, 0.717) is 6.54 Å². The smallest absolute Gasteiger partial charge is 0.0791 e. The van der Waals surface area contributed by atoms with Crippen LogP contribution >= 0.6 is 0 Å². The number of hydrogen-bond acceptors (Lipinski definition) is 2. The van der Waals surface area contributed by atoms with Crippen LogP contribution in [0.25, 0.3) is 0 Å². The summed E-state index contributed by atoms with van der Waals surface area (Å²) in [4.78, 5) is 2.29. The van der Waals surface area contributed by atoms with Crippen LogP contribution in [-0.2, 0) is 0 Å². The van der Waals surface area contributed by atoms with Crippen molar-refractivity contribution in [2.24, 2.45) is 11.7 Å². The van der Waals surface area contributed by atoms with Crippen molar-refractivity contribution in [3.8, 4) is 12.3 Å². The molecular weight excluding hydrogens is 220 g/mol. The number of rotatable bonds is 6. The lowest BCUT2D eigenvalue weighted by Crippen LogP contribution is -2.26. The van der Waals surface area contributed by atoms with Gasteiger partial charge in [0.1, 0.15) is 0 Å².